The number of halogens is 1. The largest absolute Gasteiger partial charge is 0.471 e. The average molecular weight is 908 g/mol. The third-order valence-corrected chi connectivity index (χ3v) is 13.5. The van der Waals surface area contributed by atoms with Gasteiger partial charge in [-0.1, -0.05) is 48.0 Å². The van der Waals surface area contributed by atoms with E-state index in [1.54, 1.807) is 18.3 Å². The van der Waals surface area contributed by atoms with E-state index < -0.39 is 37.5 Å². The van der Waals surface area contributed by atoms with E-state index >= 15 is 0 Å². The number of aliphatic hydroxyl groups is 1. The Morgan fingerprint density at radius 1 is 1.02 bits per heavy atom. The van der Waals surface area contributed by atoms with Crippen LogP contribution < -0.4 is 24.6 Å². The number of carbonyl (C=O) groups is 1. The number of H-pyrrole nitrogens is 1. The summed E-state index contributed by atoms with van der Waals surface area (Å²) in [6, 6.07) is 27.9. The molecule has 4 aromatic carbocycles. The molecule has 3 aliphatic heterocycles. The van der Waals surface area contributed by atoms with E-state index in [1.807, 2.05) is 78.6 Å². The molecule has 3 aliphatic rings. The highest BCUT2D eigenvalue weighted by Gasteiger charge is 2.33. The molecular weight excluding hydrogens is 862 g/mol. The zero-order valence-corrected chi connectivity index (χ0v) is 36.3. The van der Waals surface area contributed by atoms with Gasteiger partial charge in [-0.15, -0.1) is 0 Å². The number of ether oxygens (including phenoxy) is 3. The van der Waals surface area contributed by atoms with Crippen LogP contribution in [0.3, 0.4) is 0 Å². The summed E-state index contributed by atoms with van der Waals surface area (Å²) >= 11 is 6.17. The maximum Gasteiger partial charge on any atom is 0.293 e. The van der Waals surface area contributed by atoms with Crippen molar-refractivity contribution in [3.05, 3.63) is 130 Å². The van der Waals surface area contributed by atoms with Gasteiger partial charge < -0.3 is 39.4 Å². The first-order valence-corrected chi connectivity index (χ1v) is 22.9. The first kappa shape index (κ1) is 43.0. The first-order valence-electron chi connectivity index (χ1n) is 21.0. The Labute approximate surface area is 374 Å². The van der Waals surface area contributed by atoms with Gasteiger partial charge in [0.25, 0.3) is 21.6 Å². The Bertz CT molecular complexity index is 2810. The summed E-state index contributed by atoms with van der Waals surface area (Å²) in [5.41, 5.74) is 4.84. The fourth-order valence-electron chi connectivity index (χ4n) is 8.65. The predicted molar refractivity (Wildman–Crippen MR) is 243 cm³/mol. The zero-order chi connectivity index (χ0) is 44.5. The van der Waals surface area contributed by atoms with Gasteiger partial charge in [-0.25, -0.2) is 13.1 Å². The molecule has 18 heteroatoms. The van der Waals surface area contributed by atoms with E-state index in [4.69, 9.17) is 30.8 Å². The van der Waals surface area contributed by atoms with Crippen molar-refractivity contribution >= 4 is 67.0 Å². The monoisotopic (exact) mass is 907 g/mol. The van der Waals surface area contributed by atoms with E-state index in [2.05, 4.69) is 19.9 Å². The van der Waals surface area contributed by atoms with Crippen LogP contribution in [0.1, 0.15) is 41.8 Å². The smallest absolute Gasteiger partial charge is 0.293 e. The Morgan fingerprint density at radius 2 is 1.81 bits per heavy atom. The molecule has 64 heavy (non-hydrogen) atoms. The Hall–Kier alpha value is -6.24. The lowest BCUT2D eigenvalue weighted by Crippen LogP contribution is -2.38. The molecule has 9 rings (SSSR count). The summed E-state index contributed by atoms with van der Waals surface area (Å²) in [5, 5.41) is 28.3. The van der Waals surface area contributed by atoms with Crippen LogP contribution in [0.5, 0.6) is 5.88 Å². The summed E-state index contributed by atoms with van der Waals surface area (Å²) < 4.78 is 47.1. The number of nitro benzene ring substituents is 1. The van der Waals surface area contributed by atoms with Crippen molar-refractivity contribution in [1.82, 2.24) is 14.7 Å². The molecule has 0 radical (unpaired) electrons. The number of nitrogens with one attached hydrogen (secondary N) is 3. The van der Waals surface area contributed by atoms with Crippen molar-refractivity contribution in [2.75, 3.05) is 61.1 Å². The van der Waals surface area contributed by atoms with Crippen LogP contribution in [-0.4, -0.2) is 92.5 Å². The minimum absolute atomic E-state index is 0.0255. The van der Waals surface area contributed by atoms with E-state index in [0.29, 0.717) is 80.2 Å². The number of nitro groups is 1. The molecule has 0 bridgehead atoms. The van der Waals surface area contributed by atoms with Crippen LogP contribution in [0, 0.1) is 16.0 Å². The lowest BCUT2D eigenvalue weighted by molar-refractivity contribution is -0.384. The lowest BCUT2D eigenvalue weighted by Gasteiger charge is -2.38. The number of aromatic amines is 1. The molecule has 5 heterocycles. The zero-order valence-electron chi connectivity index (χ0n) is 34.8. The fourth-order valence-corrected chi connectivity index (χ4v) is 9.76. The molecule has 0 spiro atoms. The SMILES string of the molecule is C[C@@H]1CN(c2cc(N3CCC([C@@H](O)c4ccccc4-c4ccc(Cl)cc4)CC3)ccc2C(=O)NS(=O)(=O)c2ccc(NC[C@H]3COCCO3)c([N+](=O)[O-])c2)c2cc3cc[nH]c3nc2O1. The van der Waals surface area contributed by atoms with Crippen LogP contribution in [0.15, 0.2) is 108 Å². The molecule has 16 nitrogen and oxygen atoms in total. The highest BCUT2D eigenvalue weighted by molar-refractivity contribution is 7.90. The molecule has 3 atom stereocenters. The van der Waals surface area contributed by atoms with Gasteiger partial charge in [0.05, 0.1) is 59.6 Å². The highest BCUT2D eigenvalue weighted by atomic mass is 35.5. The molecule has 332 valence electrons. The Morgan fingerprint density at radius 3 is 2.58 bits per heavy atom. The van der Waals surface area contributed by atoms with Crippen molar-refractivity contribution in [2.45, 2.75) is 43.0 Å². The van der Waals surface area contributed by atoms with Crippen LogP contribution in [0.25, 0.3) is 22.2 Å². The number of benzene rings is 4. The standard InChI is InChI=1S/C46H46ClN7O9S/c1-28-26-53(42-22-31-14-17-48-44(31)50-46(42)63-28)40-23-33(52-18-15-30(16-19-52)43(55)37-5-3-2-4-36(37)29-6-8-32(47)9-7-29)10-12-38(40)45(56)51-64(59,60)35-11-13-39(41(24-35)54(57)58)49-25-34-27-61-20-21-62-34/h2-14,17,22-24,28,30,34,43,49,55H,15-16,18-21,25-27H2,1H3,(H,48,50)(H,51,56)/t28-,34+,43-/m1/s1. The number of pyridine rings is 1. The molecule has 4 N–H and O–H groups in total. The number of anilines is 4. The van der Waals surface area contributed by atoms with Crippen molar-refractivity contribution in [3.63, 3.8) is 0 Å². The van der Waals surface area contributed by atoms with E-state index in [0.717, 1.165) is 33.8 Å². The number of hydrogen-bond acceptors (Lipinski definition) is 13. The van der Waals surface area contributed by atoms with Gasteiger partial charge in [0.2, 0.25) is 5.88 Å². The summed E-state index contributed by atoms with van der Waals surface area (Å²) in [6.45, 7) is 4.78. The molecule has 2 aromatic heterocycles. The van der Waals surface area contributed by atoms with Crippen molar-refractivity contribution in [2.24, 2.45) is 5.92 Å². The van der Waals surface area contributed by atoms with Gasteiger partial charge in [-0.3, -0.25) is 14.9 Å². The van der Waals surface area contributed by atoms with Crippen LogP contribution >= 0.6 is 11.6 Å². The number of hydrogen-bond donors (Lipinski definition) is 4. The number of carbonyl (C=O) groups excluding carboxylic acids is 1. The Kier molecular flexibility index (Phi) is 12.2. The minimum atomic E-state index is -4.62. The van der Waals surface area contributed by atoms with Crippen LogP contribution in [0.2, 0.25) is 5.02 Å². The fraction of sp³-hybridized carbons (Fsp3) is 0.304. The summed E-state index contributed by atoms with van der Waals surface area (Å²) in [5.74, 6) is -0.615. The second-order valence-corrected chi connectivity index (χ2v) is 18.3. The first-order chi connectivity index (χ1) is 30.9. The molecule has 1 amide bonds. The molecule has 0 aliphatic carbocycles. The number of aromatic nitrogens is 2. The van der Waals surface area contributed by atoms with E-state index in [1.165, 1.54) is 12.1 Å². The molecule has 6 aromatic rings. The molecule has 0 saturated carbocycles. The third kappa shape index (κ3) is 8.94. The average Bonchev–Trinajstić information content (AvgIpc) is 3.77. The van der Waals surface area contributed by atoms with Crippen molar-refractivity contribution < 1.29 is 37.5 Å². The summed E-state index contributed by atoms with van der Waals surface area (Å²) in [7, 11) is -4.62. The third-order valence-electron chi connectivity index (χ3n) is 11.9. The van der Waals surface area contributed by atoms with Gasteiger partial charge in [0.1, 0.15) is 23.1 Å². The number of amides is 1. The topological polar surface area (TPSA) is 201 Å². The normalized spacial score (nSPS) is 18.5. The quantitative estimate of drug-likeness (QED) is 0.0691. The Balaban J connectivity index is 0.996. The second-order valence-electron chi connectivity index (χ2n) is 16.2. The number of aliphatic hydroxyl groups excluding tert-OH is 1. The van der Waals surface area contributed by atoms with Gasteiger partial charge >= 0.3 is 0 Å². The van der Waals surface area contributed by atoms with E-state index in [-0.39, 0.29) is 35.9 Å². The van der Waals surface area contributed by atoms with Crippen molar-refractivity contribution in [3.8, 4) is 17.0 Å². The molecule has 0 unspecified atom stereocenters. The van der Waals surface area contributed by atoms with Gasteiger partial charge in [0.15, 0.2) is 0 Å². The van der Waals surface area contributed by atoms with Gasteiger partial charge in [-0.05, 0) is 97.0 Å². The molecule has 2 saturated heterocycles. The molecule has 2 fully saturated rings. The summed E-state index contributed by atoms with van der Waals surface area (Å²) in [6.07, 6.45) is 1.72. The number of nitrogens with zero attached hydrogens (tertiary/aromatic N) is 4. The van der Waals surface area contributed by atoms with E-state index in [9.17, 15) is 28.4 Å². The lowest BCUT2D eigenvalue weighted by atomic mass is 9.84. The number of sulfonamides is 1. The second kappa shape index (κ2) is 18.1. The minimum Gasteiger partial charge on any atom is -0.471 e. The van der Waals surface area contributed by atoms with Crippen LogP contribution in [0.4, 0.5) is 28.4 Å². The highest BCUT2D eigenvalue weighted by Crippen LogP contribution is 2.43. The number of piperidine rings is 1. The summed E-state index contributed by atoms with van der Waals surface area (Å²) in [4.78, 5) is 37.2. The van der Waals surface area contributed by atoms with Crippen LogP contribution in [-0.2, 0) is 19.5 Å². The number of fused-ring (bicyclic) bond motifs is 2. The van der Waals surface area contributed by atoms with Gasteiger partial charge in [0, 0.05) is 48.0 Å². The van der Waals surface area contributed by atoms with Crippen molar-refractivity contribution in [1.29, 1.82) is 0 Å². The maximum absolute atomic E-state index is 14.3. The maximum atomic E-state index is 14.3. The number of rotatable bonds is 12. The predicted octanol–water partition coefficient (Wildman–Crippen LogP) is 7.61. The molecular formula is C46H46ClN7O9S. The van der Waals surface area contributed by atoms with Gasteiger partial charge in [-0.2, -0.15) is 4.98 Å².